The lowest BCUT2D eigenvalue weighted by atomic mass is 9.94. The first-order valence-electron chi connectivity index (χ1n) is 6.90. The number of nitrogens with one attached hydrogen (secondary N) is 1. The molecule has 0 aliphatic heterocycles. The molecule has 1 aliphatic rings. The van der Waals surface area contributed by atoms with E-state index in [1.54, 1.807) is 18.2 Å². The van der Waals surface area contributed by atoms with Crippen molar-refractivity contribution in [1.29, 1.82) is 0 Å². The van der Waals surface area contributed by atoms with Crippen LogP contribution < -0.4 is 5.32 Å². The van der Waals surface area contributed by atoms with Gasteiger partial charge in [0.1, 0.15) is 17.2 Å². The van der Waals surface area contributed by atoms with Crippen LogP contribution in [0.5, 0.6) is 0 Å². The Morgan fingerprint density at radius 1 is 1.33 bits per heavy atom. The molecule has 4 nitrogen and oxygen atoms in total. The van der Waals surface area contributed by atoms with Gasteiger partial charge in [-0.2, -0.15) is 0 Å². The SMILES string of the molecule is O=C(NC[C@](O)(c1ccco1)C1CC1)c1ccccc1F. The quantitative estimate of drug-likeness (QED) is 0.888. The van der Waals surface area contributed by atoms with Crippen molar-refractivity contribution in [2.24, 2.45) is 5.92 Å². The third kappa shape index (κ3) is 2.69. The Hall–Kier alpha value is -2.14. The second-order valence-electron chi connectivity index (χ2n) is 5.34. The van der Waals surface area contributed by atoms with Gasteiger partial charge in [0.2, 0.25) is 0 Å². The Kier molecular flexibility index (Phi) is 3.51. The van der Waals surface area contributed by atoms with Crippen LogP contribution in [0, 0.1) is 11.7 Å². The monoisotopic (exact) mass is 289 g/mol. The molecular weight excluding hydrogens is 273 g/mol. The number of amides is 1. The summed E-state index contributed by atoms with van der Waals surface area (Å²) in [4.78, 5) is 12.0. The number of halogens is 1. The van der Waals surface area contributed by atoms with Crippen LogP contribution in [0.1, 0.15) is 29.0 Å². The first-order valence-corrected chi connectivity index (χ1v) is 6.90. The van der Waals surface area contributed by atoms with Crippen LogP contribution in [0.25, 0.3) is 0 Å². The van der Waals surface area contributed by atoms with Gasteiger partial charge in [0.05, 0.1) is 18.4 Å². The minimum absolute atomic E-state index is 0.00164. The van der Waals surface area contributed by atoms with Crippen molar-refractivity contribution in [3.05, 3.63) is 59.8 Å². The number of hydrogen-bond acceptors (Lipinski definition) is 3. The van der Waals surface area contributed by atoms with Crippen molar-refractivity contribution in [3.8, 4) is 0 Å². The number of carbonyl (C=O) groups excluding carboxylic acids is 1. The zero-order valence-corrected chi connectivity index (χ0v) is 11.4. The topological polar surface area (TPSA) is 62.5 Å². The predicted molar refractivity (Wildman–Crippen MR) is 74.1 cm³/mol. The van der Waals surface area contributed by atoms with Crippen LogP contribution in [0.3, 0.4) is 0 Å². The summed E-state index contributed by atoms with van der Waals surface area (Å²) >= 11 is 0. The van der Waals surface area contributed by atoms with Gasteiger partial charge < -0.3 is 14.8 Å². The maximum Gasteiger partial charge on any atom is 0.254 e. The van der Waals surface area contributed by atoms with E-state index in [1.807, 2.05) is 0 Å². The molecule has 5 heteroatoms. The lowest BCUT2D eigenvalue weighted by molar-refractivity contribution is -0.00614. The molecule has 21 heavy (non-hydrogen) atoms. The summed E-state index contributed by atoms with van der Waals surface area (Å²) < 4.78 is 18.8. The van der Waals surface area contributed by atoms with Gasteiger partial charge in [-0.15, -0.1) is 0 Å². The molecule has 0 unspecified atom stereocenters. The molecule has 3 rings (SSSR count). The number of furan rings is 1. The fourth-order valence-electron chi connectivity index (χ4n) is 2.47. The molecule has 1 aromatic heterocycles. The maximum atomic E-state index is 13.6. The Bertz CT molecular complexity index is 637. The normalized spacial score (nSPS) is 17.2. The highest BCUT2D eigenvalue weighted by Gasteiger charge is 2.47. The molecule has 1 amide bonds. The molecule has 1 aliphatic carbocycles. The van der Waals surface area contributed by atoms with Crippen molar-refractivity contribution in [3.63, 3.8) is 0 Å². The molecule has 0 saturated heterocycles. The minimum atomic E-state index is -1.23. The van der Waals surface area contributed by atoms with E-state index in [0.717, 1.165) is 12.8 Å². The van der Waals surface area contributed by atoms with Crippen LogP contribution in [-0.2, 0) is 5.60 Å². The number of aliphatic hydroxyl groups is 1. The molecule has 2 aromatic rings. The van der Waals surface area contributed by atoms with Crippen LogP contribution >= 0.6 is 0 Å². The van der Waals surface area contributed by atoms with Gasteiger partial charge in [0.15, 0.2) is 0 Å². The zero-order chi connectivity index (χ0) is 14.9. The number of hydrogen-bond donors (Lipinski definition) is 2. The highest BCUT2D eigenvalue weighted by atomic mass is 19.1. The lowest BCUT2D eigenvalue weighted by Gasteiger charge is -2.26. The molecule has 1 fully saturated rings. The second kappa shape index (κ2) is 5.33. The molecular formula is C16H16FNO3. The summed E-state index contributed by atoms with van der Waals surface area (Å²) in [7, 11) is 0. The lowest BCUT2D eigenvalue weighted by Crippen LogP contribution is -2.42. The average Bonchev–Trinajstić information content (AvgIpc) is 3.20. The molecule has 0 radical (unpaired) electrons. The smallest absolute Gasteiger partial charge is 0.254 e. The van der Waals surface area contributed by atoms with Crippen LogP contribution in [-0.4, -0.2) is 17.6 Å². The van der Waals surface area contributed by atoms with Gasteiger partial charge in [-0.3, -0.25) is 4.79 Å². The first-order chi connectivity index (χ1) is 10.1. The molecule has 0 spiro atoms. The Labute approximate surface area is 121 Å². The van der Waals surface area contributed by atoms with E-state index >= 15 is 0 Å². The summed E-state index contributed by atoms with van der Waals surface area (Å²) in [5.74, 6) is -0.634. The molecule has 1 atom stereocenters. The standard InChI is InChI=1S/C16H16FNO3/c17-13-5-2-1-4-12(13)15(19)18-10-16(20,11-7-8-11)14-6-3-9-21-14/h1-6,9,11,20H,7-8,10H2,(H,18,19)/t16-/m1/s1. The van der Waals surface area contributed by atoms with Gasteiger partial charge in [0, 0.05) is 0 Å². The summed E-state index contributed by atoms with van der Waals surface area (Å²) in [6, 6.07) is 9.14. The number of benzene rings is 1. The molecule has 0 bridgehead atoms. The van der Waals surface area contributed by atoms with Crippen LogP contribution in [0.2, 0.25) is 0 Å². The van der Waals surface area contributed by atoms with Crippen molar-refractivity contribution in [2.45, 2.75) is 18.4 Å². The van der Waals surface area contributed by atoms with E-state index in [4.69, 9.17) is 4.42 Å². The van der Waals surface area contributed by atoms with Crippen molar-refractivity contribution in [2.75, 3.05) is 6.54 Å². The molecule has 1 aromatic carbocycles. The van der Waals surface area contributed by atoms with Crippen LogP contribution in [0.4, 0.5) is 4.39 Å². The van der Waals surface area contributed by atoms with Crippen molar-refractivity contribution >= 4 is 5.91 Å². The maximum absolute atomic E-state index is 13.6. The largest absolute Gasteiger partial charge is 0.466 e. The zero-order valence-electron chi connectivity index (χ0n) is 11.4. The summed E-state index contributed by atoms with van der Waals surface area (Å²) in [5.41, 5.74) is -1.26. The van der Waals surface area contributed by atoms with E-state index in [1.165, 1.54) is 24.5 Å². The highest BCUT2D eigenvalue weighted by Crippen LogP contribution is 2.45. The summed E-state index contributed by atoms with van der Waals surface area (Å²) in [5, 5.41) is 13.4. The van der Waals surface area contributed by atoms with Crippen molar-refractivity contribution < 1.29 is 18.7 Å². The van der Waals surface area contributed by atoms with E-state index in [9.17, 15) is 14.3 Å². The van der Waals surface area contributed by atoms with E-state index in [2.05, 4.69) is 5.32 Å². The Balaban J connectivity index is 1.74. The Morgan fingerprint density at radius 3 is 2.71 bits per heavy atom. The molecule has 1 saturated carbocycles. The minimum Gasteiger partial charge on any atom is -0.466 e. The molecule has 110 valence electrons. The van der Waals surface area contributed by atoms with Gasteiger partial charge in [-0.1, -0.05) is 12.1 Å². The molecule has 2 N–H and O–H groups in total. The van der Waals surface area contributed by atoms with Crippen molar-refractivity contribution in [1.82, 2.24) is 5.32 Å². The number of carbonyl (C=O) groups is 1. The fourth-order valence-corrected chi connectivity index (χ4v) is 2.47. The number of rotatable bonds is 5. The third-order valence-corrected chi connectivity index (χ3v) is 3.84. The Morgan fingerprint density at radius 2 is 2.10 bits per heavy atom. The second-order valence-corrected chi connectivity index (χ2v) is 5.34. The van der Waals surface area contributed by atoms with Gasteiger partial charge in [0.25, 0.3) is 5.91 Å². The summed E-state index contributed by atoms with van der Waals surface area (Å²) in [6.45, 7) is -0.00164. The third-order valence-electron chi connectivity index (χ3n) is 3.84. The fraction of sp³-hybridized carbons (Fsp3) is 0.312. The first kappa shape index (κ1) is 13.8. The predicted octanol–water partition coefficient (Wildman–Crippen LogP) is 2.45. The summed E-state index contributed by atoms with van der Waals surface area (Å²) in [6.07, 6.45) is 3.25. The van der Waals surface area contributed by atoms with E-state index < -0.39 is 17.3 Å². The van der Waals surface area contributed by atoms with Crippen LogP contribution in [0.15, 0.2) is 47.1 Å². The van der Waals surface area contributed by atoms with Gasteiger partial charge >= 0.3 is 0 Å². The average molecular weight is 289 g/mol. The molecule has 1 heterocycles. The van der Waals surface area contributed by atoms with Gasteiger partial charge in [-0.05, 0) is 43.0 Å². The van der Waals surface area contributed by atoms with E-state index in [0.29, 0.717) is 5.76 Å². The highest BCUT2D eigenvalue weighted by molar-refractivity contribution is 5.94. The van der Waals surface area contributed by atoms with E-state index in [-0.39, 0.29) is 18.0 Å². The van der Waals surface area contributed by atoms with Gasteiger partial charge in [-0.25, -0.2) is 4.39 Å².